The van der Waals surface area contributed by atoms with Gasteiger partial charge in [-0.3, -0.25) is 4.90 Å². The van der Waals surface area contributed by atoms with Crippen LogP contribution >= 0.6 is 0 Å². The summed E-state index contributed by atoms with van der Waals surface area (Å²) in [6.07, 6.45) is 8.58. The summed E-state index contributed by atoms with van der Waals surface area (Å²) in [4.78, 5) is 2.88. The molecule has 2 rings (SSSR count). The molecule has 0 spiro atoms. The van der Waals surface area contributed by atoms with Crippen molar-refractivity contribution in [1.29, 1.82) is 0 Å². The summed E-state index contributed by atoms with van der Waals surface area (Å²) in [5.74, 6) is 1.58. The Labute approximate surface area is 120 Å². The Hall–Kier alpha value is -0.0800. The van der Waals surface area contributed by atoms with Gasteiger partial charge in [-0.2, -0.15) is 0 Å². The smallest absolute Gasteiger partial charge is 0.0247 e. The number of piperazine rings is 1. The fraction of sp³-hybridized carbons (Fsp3) is 1.00. The van der Waals surface area contributed by atoms with E-state index in [2.05, 4.69) is 37.9 Å². The lowest BCUT2D eigenvalue weighted by Crippen LogP contribution is -2.61. The molecule has 1 saturated heterocycles. The highest BCUT2D eigenvalue weighted by atomic mass is 15.3. The normalized spacial score (nSPS) is 31.3. The lowest BCUT2D eigenvalue weighted by atomic mass is 9.88. The van der Waals surface area contributed by atoms with Crippen LogP contribution in [0.4, 0.5) is 0 Å². The first-order valence-electron chi connectivity index (χ1n) is 8.57. The van der Waals surface area contributed by atoms with Gasteiger partial charge in [0.15, 0.2) is 0 Å². The number of nitrogens with zero attached hydrogens (tertiary/aromatic N) is 1. The maximum absolute atomic E-state index is 3.81. The third kappa shape index (κ3) is 4.19. The molecule has 1 saturated carbocycles. The SMILES string of the molecule is CC(C)CC1CN(C2CCCCC2)C(C(C)C)CN1. The Morgan fingerprint density at radius 3 is 2.32 bits per heavy atom. The molecule has 0 bridgehead atoms. The zero-order valence-electron chi connectivity index (χ0n) is 13.5. The summed E-state index contributed by atoms with van der Waals surface area (Å²) in [5, 5.41) is 3.81. The zero-order chi connectivity index (χ0) is 13.8. The Bertz CT molecular complexity index is 256. The van der Waals surface area contributed by atoms with Gasteiger partial charge >= 0.3 is 0 Å². The third-order valence-electron chi connectivity index (χ3n) is 5.04. The molecule has 0 aromatic heterocycles. The predicted octanol–water partition coefficient (Wildman–Crippen LogP) is 3.66. The number of rotatable bonds is 4. The summed E-state index contributed by atoms with van der Waals surface area (Å²) < 4.78 is 0. The molecule has 112 valence electrons. The number of hydrogen-bond donors (Lipinski definition) is 1. The minimum atomic E-state index is 0.719. The van der Waals surface area contributed by atoms with Gasteiger partial charge in [0.25, 0.3) is 0 Å². The second-order valence-electron chi connectivity index (χ2n) is 7.53. The largest absolute Gasteiger partial charge is 0.311 e. The molecule has 2 fully saturated rings. The van der Waals surface area contributed by atoms with Crippen molar-refractivity contribution in [3.63, 3.8) is 0 Å². The molecular formula is C17H34N2. The van der Waals surface area contributed by atoms with Crippen molar-refractivity contribution in [2.75, 3.05) is 13.1 Å². The van der Waals surface area contributed by atoms with E-state index >= 15 is 0 Å². The summed E-state index contributed by atoms with van der Waals surface area (Å²) in [5.41, 5.74) is 0. The summed E-state index contributed by atoms with van der Waals surface area (Å²) >= 11 is 0. The first-order chi connectivity index (χ1) is 9.08. The van der Waals surface area contributed by atoms with E-state index in [1.165, 1.54) is 51.6 Å². The van der Waals surface area contributed by atoms with Crippen molar-refractivity contribution < 1.29 is 0 Å². The topological polar surface area (TPSA) is 15.3 Å². The molecule has 2 unspecified atom stereocenters. The van der Waals surface area contributed by atoms with E-state index in [1.54, 1.807) is 0 Å². The summed E-state index contributed by atoms with van der Waals surface area (Å²) in [6.45, 7) is 12.0. The van der Waals surface area contributed by atoms with Gasteiger partial charge in [0, 0.05) is 31.2 Å². The van der Waals surface area contributed by atoms with E-state index in [0.29, 0.717) is 0 Å². The van der Waals surface area contributed by atoms with Crippen molar-refractivity contribution in [3.8, 4) is 0 Å². The van der Waals surface area contributed by atoms with E-state index in [9.17, 15) is 0 Å². The fourth-order valence-electron chi connectivity index (χ4n) is 4.04. The molecule has 1 N–H and O–H groups in total. The number of hydrogen-bond acceptors (Lipinski definition) is 2. The molecule has 2 nitrogen and oxygen atoms in total. The standard InChI is InChI=1S/C17H34N2/c1-13(2)10-15-12-19(16-8-6-5-7-9-16)17(11-18-15)14(3)4/h13-18H,5-12H2,1-4H3. The van der Waals surface area contributed by atoms with Crippen LogP contribution in [0.25, 0.3) is 0 Å². The molecule has 2 atom stereocenters. The van der Waals surface area contributed by atoms with E-state index in [4.69, 9.17) is 0 Å². The molecular weight excluding hydrogens is 232 g/mol. The zero-order valence-corrected chi connectivity index (χ0v) is 13.5. The van der Waals surface area contributed by atoms with E-state index < -0.39 is 0 Å². The highest BCUT2D eigenvalue weighted by Gasteiger charge is 2.34. The molecule has 1 aliphatic heterocycles. The summed E-state index contributed by atoms with van der Waals surface area (Å²) in [6, 6.07) is 2.35. The minimum Gasteiger partial charge on any atom is -0.311 e. The second-order valence-corrected chi connectivity index (χ2v) is 7.53. The molecule has 0 aromatic rings. The fourth-order valence-corrected chi connectivity index (χ4v) is 4.04. The average molecular weight is 266 g/mol. The van der Waals surface area contributed by atoms with Crippen LogP contribution in [-0.4, -0.2) is 36.1 Å². The lowest BCUT2D eigenvalue weighted by Gasteiger charge is -2.48. The van der Waals surface area contributed by atoms with Crippen molar-refractivity contribution in [2.24, 2.45) is 11.8 Å². The molecule has 0 aromatic carbocycles. The van der Waals surface area contributed by atoms with Gasteiger partial charge in [0.05, 0.1) is 0 Å². The van der Waals surface area contributed by atoms with Crippen LogP contribution in [0.5, 0.6) is 0 Å². The van der Waals surface area contributed by atoms with Crippen LogP contribution in [0.15, 0.2) is 0 Å². The van der Waals surface area contributed by atoms with Crippen molar-refractivity contribution in [1.82, 2.24) is 10.2 Å². The Morgan fingerprint density at radius 2 is 1.74 bits per heavy atom. The van der Waals surface area contributed by atoms with Crippen LogP contribution < -0.4 is 5.32 Å². The van der Waals surface area contributed by atoms with Crippen LogP contribution in [0.3, 0.4) is 0 Å². The highest BCUT2D eigenvalue weighted by molar-refractivity contribution is 4.92. The van der Waals surface area contributed by atoms with Crippen LogP contribution in [-0.2, 0) is 0 Å². The van der Waals surface area contributed by atoms with E-state index in [0.717, 1.165) is 30.0 Å². The minimum absolute atomic E-state index is 0.719. The van der Waals surface area contributed by atoms with E-state index in [1.807, 2.05) is 0 Å². The van der Waals surface area contributed by atoms with Gasteiger partial charge < -0.3 is 5.32 Å². The maximum Gasteiger partial charge on any atom is 0.0247 e. The number of nitrogens with one attached hydrogen (secondary N) is 1. The first kappa shape index (κ1) is 15.3. The predicted molar refractivity (Wildman–Crippen MR) is 83.5 cm³/mol. The van der Waals surface area contributed by atoms with Crippen LogP contribution in [0.1, 0.15) is 66.2 Å². The monoisotopic (exact) mass is 266 g/mol. The van der Waals surface area contributed by atoms with E-state index in [-0.39, 0.29) is 0 Å². The van der Waals surface area contributed by atoms with Crippen molar-refractivity contribution >= 4 is 0 Å². The summed E-state index contributed by atoms with van der Waals surface area (Å²) in [7, 11) is 0. The second kappa shape index (κ2) is 7.08. The Morgan fingerprint density at radius 1 is 1.05 bits per heavy atom. The molecule has 19 heavy (non-hydrogen) atoms. The molecule has 0 radical (unpaired) electrons. The molecule has 2 aliphatic rings. The Balaban J connectivity index is 1.99. The van der Waals surface area contributed by atoms with Gasteiger partial charge in [0.2, 0.25) is 0 Å². The first-order valence-corrected chi connectivity index (χ1v) is 8.57. The van der Waals surface area contributed by atoms with Gasteiger partial charge in [-0.05, 0) is 31.1 Å². The molecule has 0 amide bonds. The molecule has 1 aliphatic carbocycles. The third-order valence-corrected chi connectivity index (χ3v) is 5.04. The average Bonchev–Trinajstić information content (AvgIpc) is 2.38. The van der Waals surface area contributed by atoms with Crippen molar-refractivity contribution in [2.45, 2.75) is 84.3 Å². The quantitative estimate of drug-likeness (QED) is 0.835. The molecule has 2 heteroatoms. The van der Waals surface area contributed by atoms with Gasteiger partial charge in [-0.25, -0.2) is 0 Å². The van der Waals surface area contributed by atoms with Crippen molar-refractivity contribution in [3.05, 3.63) is 0 Å². The molecule has 1 heterocycles. The van der Waals surface area contributed by atoms with Crippen LogP contribution in [0.2, 0.25) is 0 Å². The van der Waals surface area contributed by atoms with Crippen LogP contribution in [0, 0.1) is 11.8 Å². The highest BCUT2D eigenvalue weighted by Crippen LogP contribution is 2.28. The Kier molecular flexibility index (Phi) is 5.70. The van der Waals surface area contributed by atoms with Gasteiger partial charge in [0.1, 0.15) is 0 Å². The maximum atomic E-state index is 3.81. The van der Waals surface area contributed by atoms with Gasteiger partial charge in [-0.1, -0.05) is 47.0 Å². The lowest BCUT2D eigenvalue weighted by molar-refractivity contribution is 0.0354. The van der Waals surface area contributed by atoms with Gasteiger partial charge in [-0.15, -0.1) is 0 Å².